The molecule has 0 fully saturated rings. The lowest BCUT2D eigenvalue weighted by Crippen LogP contribution is -2.54. The summed E-state index contributed by atoms with van der Waals surface area (Å²) in [5.41, 5.74) is 3.98. The number of thiazole rings is 1. The molecule has 1 rings (SSSR count). The fraction of sp³-hybridized carbons (Fsp3) is 0.375. The van der Waals surface area contributed by atoms with Gasteiger partial charge in [0.05, 0.1) is 0 Å². The predicted octanol–water partition coefficient (Wildman–Crippen LogP) is -0.227. The highest BCUT2D eigenvalue weighted by molar-refractivity contribution is 7.09. The molecule has 15 heavy (non-hydrogen) atoms. The Hall–Kier alpha value is -1.63. The predicted molar refractivity (Wildman–Crippen MR) is 56.3 cm³/mol. The zero-order chi connectivity index (χ0) is 11.5. The zero-order valence-corrected chi connectivity index (χ0v) is 9.22. The zero-order valence-electron chi connectivity index (χ0n) is 8.40. The number of rotatable bonds is 3. The molecule has 0 aliphatic heterocycles. The SMILES string of the molecule is CNC(=O)NC(C)(C(N)=O)c1nccs1. The van der Waals surface area contributed by atoms with E-state index in [-0.39, 0.29) is 0 Å². The topological polar surface area (TPSA) is 97.1 Å². The van der Waals surface area contributed by atoms with Crippen molar-refractivity contribution in [3.05, 3.63) is 16.6 Å². The van der Waals surface area contributed by atoms with Crippen LogP contribution in [0.3, 0.4) is 0 Å². The van der Waals surface area contributed by atoms with E-state index in [9.17, 15) is 9.59 Å². The molecule has 7 heteroatoms. The van der Waals surface area contributed by atoms with Crippen LogP contribution in [0.5, 0.6) is 0 Å². The molecule has 1 heterocycles. The van der Waals surface area contributed by atoms with Crippen molar-refractivity contribution in [1.82, 2.24) is 15.6 Å². The van der Waals surface area contributed by atoms with Crippen molar-refractivity contribution in [3.8, 4) is 0 Å². The molecule has 0 saturated carbocycles. The minimum absolute atomic E-state index is 0.457. The van der Waals surface area contributed by atoms with Gasteiger partial charge in [-0.1, -0.05) is 0 Å². The van der Waals surface area contributed by atoms with Gasteiger partial charge in [0.1, 0.15) is 5.01 Å². The molecule has 1 aromatic rings. The lowest BCUT2D eigenvalue weighted by molar-refractivity contribution is -0.123. The molecule has 3 amide bonds. The van der Waals surface area contributed by atoms with Gasteiger partial charge in [0, 0.05) is 18.6 Å². The molecule has 0 aromatic carbocycles. The average Bonchev–Trinajstić information content (AvgIpc) is 2.70. The maximum atomic E-state index is 11.3. The summed E-state index contributed by atoms with van der Waals surface area (Å²) >= 11 is 1.26. The van der Waals surface area contributed by atoms with Crippen molar-refractivity contribution in [1.29, 1.82) is 0 Å². The fourth-order valence-corrected chi connectivity index (χ4v) is 1.74. The number of aromatic nitrogens is 1. The lowest BCUT2D eigenvalue weighted by atomic mass is 10.0. The second-order valence-electron chi connectivity index (χ2n) is 3.03. The quantitative estimate of drug-likeness (QED) is 0.666. The van der Waals surface area contributed by atoms with Crippen molar-refractivity contribution < 1.29 is 9.59 Å². The Morgan fingerprint density at radius 3 is 2.67 bits per heavy atom. The smallest absolute Gasteiger partial charge is 0.315 e. The van der Waals surface area contributed by atoms with E-state index in [4.69, 9.17) is 5.73 Å². The summed E-state index contributed by atoms with van der Waals surface area (Å²) in [6, 6.07) is -0.480. The van der Waals surface area contributed by atoms with Crippen LogP contribution in [-0.2, 0) is 10.3 Å². The Morgan fingerprint density at radius 2 is 2.27 bits per heavy atom. The van der Waals surface area contributed by atoms with Crippen molar-refractivity contribution in [3.63, 3.8) is 0 Å². The summed E-state index contributed by atoms with van der Waals surface area (Å²) in [6.45, 7) is 1.52. The summed E-state index contributed by atoms with van der Waals surface area (Å²) in [7, 11) is 1.46. The highest BCUT2D eigenvalue weighted by atomic mass is 32.1. The fourth-order valence-electron chi connectivity index (χ4n) is 0.980. The number of nitrogens with two attached hydrogens (primary N) is 1. The van der Waals surface area contributed by atoms with Gasteiger partial charge in [-0.3, -0.25) is 4.79 Å². The van der Waals surface area contributed by atoms with E-state index in [0.717, 1.165) is 0 Å². The Morgan fingerprint density at radius 1 is 1.60 bits per heavy atom. The number of hydrogen-bond donors (Lipinski definition) is 3. The van der Waals surface area contributed by atoms with Gasteiger partial charge in [-0.05, 0) is 6.92 Å². The molecule has 1 aromatic heterocycles. The van der Waals surface area contributed by atoms with Crippen LogP contribution in [0, 0.1) is 0 Å². The third-order valence-corrected chi connectivity index (χ3v) is 2.94. The van der Waals surface area contributed by atoms with Crippen LogP contribution in [0.2, 0.25) is 0 Å². The van der Waals surface area contributed by atoms with E-state index in [1.807, 2.05) is 0 Å². The first-order valence-corrected chi connectivity index (χ1v) is 5.08. The Balaban J connectivity index is 2.99. The molecular formula is C8H12N4O2S. The van der Waals surface area contributed by atoms with Crippen LogP contribution in [0.15, 0.2) is 11.6 Å². The number of primary amides is 1. The van der Waals surface area contributed by atoms with E-state index in [2.05, 4.69) is 15.6 Å². The number of urea groups is 1. The molecule has 1 atom stereocenters. The van der Waals surface area contributed by atoms with E-state index < -0.39 is 17.5 Å². The first-order chi connectivity index (χ1) is 7.00. The van der Waals surface area contributed by atoms with Crippen molar-refractivity contribution in [2.75, 3.05) is 7.05 Å². The highest BCUT2D eigenvalue weighted by Gasteiger charge is 2.37. The number of amides is 3. The maximum Gasteiger partial charge on any atom is 0.315 e. The summed E-state index contributed by atoms with van der Waals surface area (Å²) in [5.74, 6) is -0.652. The molecule has 0 saturated heterocycles. The summed E-state index contributed by atoms with van der Waals surface area (Å²) in [6.07, 6.45) is 1.55. The normalized spacial score (nSPS) is 14.0. The third-order valence-electron chi connectivity index (χ3n) is 1.94. The Labute approximate surface area is 90.9 Å². The van der Waals surface area contributed by atoms with E-state index in [1.165, 1.54) is 25.3 Å². The monoisotopic (exact) mass is 228 g/mol. The van der Waals surface area contributed by atoms with Crippen molar-refractivity contribution in [2.24, 2.45) is 5.73 Å². The Bertz CT molecular complexity index is 365. The van der Waals surface area contributed by atoms with Crippen LogP contribution < -0.4 is 16.4 Å². The second-order valence-corrected chi connectivity index (χ2v) is 3.93. The van der Waals surface area contributed by atoms with Gasteiger partial charge in [-0.15, -0.1) is 11.3 Å². The number of carbonyl (C=O) groups is 2. The molecule has 0 aliphatic carbocycles. The van der Waals surface area contributed by atoms with Gasteiger partial charge in [-0.2, -0.15) is 0 Å². The summed E-state index contributed by atoms with van der Waals surface area (Å²) in [4.78, 5) is 26.5. The molecular weight excluding hydrogens is 216 g/mol. The molecule has 82 valence electrons. The van der Waals surface area contributed by atoms with Crippen LogP contribution >= 0.6 is 11.3 Å². The number of carbonyl (C=O) groups excluding carboxylic acids is 2. The van der Waals surface area contributed by atoms with Gasteiger partial charge >= 0.3 is 6.03 Å². The van der Waals surface area contributed by atoms with Crippen molar-refractivity contribution in [2.45, 2.75) is 12.5 Å². The summed E-state index contributed by atoms with van der Waals surface area (Å²) in [5, 5.41) is 6.99. The van der Waals surface area contributed by atoms with Crippen LogP contribution in [0.1, 0.15) is 11.9 Å². The first-order valence-electron chi connectivity index (χ1n) is 4.20. The standard InChI is InChI=1S/C8H12N4O2S/c1-8(5(9)13,12-7(14)10-2)6-11-3-4-15-6/h3-4H,1-2H3,(H2,9,13)(H2,10,12,14). The second kappa shape index (κ2) is 4.26. The van der Waals surface area contributed by atoms with Crippen LogP contribution in [-0.4, -0.2) is 24.0 Å². The Kier molecular flexibility index (Phi) is 3.25. The molecule has 1 unspecified atom stereocenters. The van der Waals surface area contributed by atoms with Gasteiger partial charge in [0.15, 0.2) is 5.54 Å². The van der Waals surface area contributed by atoms with E-state index >= 15 is 0 Å². The van der Waals surface area contributed by atoms with E-state index in [1.54, 1.807) is 11.6 Å². The van der Waals surface area contributed by atoms with Crippen LogP contribution in [0.25, 0.3) is 0 Å². The third kappa shape index (κ3) is 2.24. The van der Waals surface area contributed by atoms with Gasteiger partial charge in [0.25, 0.3) is 0 Å². The van der Waals surface area contributed by atoms with Crippen molar-refractivity contribution >= 4 is 23.3 Å². The lowest BCUT2D eigenvalue weighted by Gasteiger charge is -2.24. The van der Waals surface area contributed by atoms with Gasteiger partial charge < -0.3 is 16.4 Å². The molecule has 4 N–H and O–H groups in total. The largest absolute Gasteiger partial charge is 0.367 e. The first kappa shape index (κ1) is 11.4. The van der Waals surface area contributed by atoms with Gasteiger partial charge in [0.2, 0.25) is 5.91 Å². The highest BCUT2D eigenvalue weighted by Crippen LogP contribution is 2.22. The molecule has 0 aliphatic rings. The number of hydrogen-bond acceptors (Lipinski definition) is 4. The summed E-state index contributed by atoms with van der Waals surface area (Å²) < 4.78 is 0. The van der Waals surface area contributed by atoms with Crippen LogP contribution in [0.4, 0.5) is 4.79 Å². The minimum atomic E-state index is -1.27. The maximum absolute atomic E-state index is 11.3. The molecule has 0 bridgehead atoms. The average molecular weight is 228 g/mol. The van der Waals surface area contributed by atoms with Gasteiger partial charge in [-0.25, -0.2) is 9.78 Å². The van der Waals surface area contributed by atoms with E-state index in [0.29, 0.717) is 5.01 Å². The molecule has 0 spiro atoms. The number of nitrogens with zero attached hydrogens (tertiary/aromatic N) is 1. The number of nitrogens with one attached hydrogen (secondary N) is 2. The minimum Gasteiger partial charge on any atom is -0.367 e. The molecule has 0 radical (unpaired) electrons. The molecule has 6 nitrogen and oxygen atoms in total.